The molecule has 0 aromatic carbocycles. The van der Waals surface area contributed by atoms with Crippen LogP contribution in [0.2, 0.25) is 0 Å². The van der Waals surface area contributed by atoms with Crippen LogP contribution in [0.25, 0.3) is 0 Å². The van der Waals surface area contributed by atoms with Crippen LogP contribution in [0.5, 0.6) is 0 Å². The number of carbonyl (C=O) groups is 2. The average Bonchev–Trinajstić information content (AvgIpc) is 2.36. The molecule has 0 aliphatic rings. The number of amides is 1. The largest absolute Gasteiger partial charge is 0.394 e. The average molecular weight is 236 g/mol. The number of aliphatic hydroxyl groups is 1. The lowest BCUT2D eigenvalue weighted by Gasteiger charge is -2.10. The lowest BCUT2D eigenvalue weighted by Crippen LogP contribution is -2.35. The maximum atomic E-state index is 11.6. The van der Waals surface area contributed by atoms with Gasteiger partial charge in [-0.3, -0.25) is 14.6 Å². The number of hydrogen-bond donors (Lipinski definition) is 2. The second kappa shape index (κ2) is 6.75. The van der Waals surface area contributed by atoms with Crippen LogP contribution in [-0.2, 0) is 4.79 Å². The number of pyridine rings is 1. The number of nitrogens with one attached hydrogen (secondary N) is 1. The summed E-state index contributed by atoms with van der Waals surface area (Å²) in [5, 5.41) is 11.3. The minimum atomic E-state index is -0.281. The normalized spacial score (nSPS) is 11.9. The van der Waals surface area contributed by atoms with Crippen molar-refractivity contribution in [2.45, 2.75) is 25.8 Å². The molecule has 0 aliphatic heterocycles. The van der Waals surface area contributed by atoms with Crippen molar-refractivity contribution in [2.24, 2.45) is 0 Å². The molecule has 0 fully saturated rings. The zero-order chi connectivity index (χ0) is 12.7. The summed E-state index contributed by atoms with van der Waals surface area (Å²) in [5.41, 5.74) is 0.510. The van der Waals surface area contributed by atoms with Crippen LogP contribution >= 0.6 is 0 Å². The molecule has 0 saturated heterocycles. The van der Waals surface area contributed by atoms with E-state index in [1.807, 2.05) is 0 Å². The van der Waals surface area contributed by atoms with E-state index in [0.717, 1.165) is 0 Å². The number of ketones is 1. The third kappa shape index (κ3) is 4.74. The molecule has 0 saturated carbocycles. The molecule has 0 bridgehead atoms. The van der Waals surface area contributed by atoms with Gasteiger partial charge in [0.05, 0.1) is 6.61 Å². The Hall–Kier alpha value is -1.75. The highest BCUT2D eigenvalue weighted by Gasteiger charge is 2.10. The zero-order valence-corrected chi connectivity index (χ0v) is 9.72. The molecule has 1 amide bonds. The first-order chi connectivity index (χ1) is 8.13. The number of aromatic nitrogens is 1. The molecule has 1 atom stereocenters. The van der Waals surface area contributed by atoms with Gasteiger partial charge >= 0.3 is 0 Å². The summed E-state index contributed by atoms with van der Waals surface area (Å²) in [6.07, 6.45) is 3.34. The Morgan fingerprint density at radius 1 is 1.47 bits per heavy atom. The molecular formula is C12H16N2O3. The van der Waals surface area contributed by atoms with E-state index in [1.165, 1.54) is 6.20 Å². The van der Waals surface area contributed by atoms with Gasteiger partial charge < -0.3 is 10.4 Å². The molecular weight excluding hydrogens is 220 g/mol. The van der Waals surface area contributed by atoms with Crippen LogP contribution in [0.4, 0.5) is 0 Å². The van der Waals surface area contributed by atoms with Gasteiger partial charge in [-0.15, -0.1) is 0 Å². The molecule has 0 aliphatic carbocycles. The van der Waals surface area contributed by atoms with Crippen LogP contribution < -0.4 is 5.32 Å². The van der Waals surface area contributed by atoms with E-state index in [2.05, 4.69) is 10.3 Å². The van der Waals surface area contributed by atoms with E-state index in [0.29, 0.717) is 5.56 Å². The Labute approximate surface area is 99.9 Å². The summed E-state index contributed by atoms with van der Waals surface area (Å²) in [7, 11) is 0. The van der Waals surface area contributed by atoms with E-state index in [4.69, 9.17) is 5.11 Å². The maximum Gasteiger partial charge on any atom is 0.220 e. The van der Waals surface area contributed by atoms with Gasteiger partial charge in [0.2, 0.25) is 5.91 Å². The molecule has 1 unspecified atom stereocenters. The molecule has 0 spiro atoms. The van der Waals surface area contributed by atoms with Crippen LogP contribution in [0.3, 0.4) is 0 Å². The van der Waals surface area contributed by atoms with Gasteiger partial charge in [-0.25, -0.2) is 0 Å². The highest BCUT2D eigenvalue weighted by atomic mass is 16.3. The summed E-state index contributed by atoms with van der Waals surface area (Å²) in [4.78, 5) is 26.8. The Balaban J connectivity index is 2.36. The minimum Gasteiger partial charge on any atom is -0.394 e. The van der Waals surface area contributed by atoms with Crippen molar-refractivity contribution in [2.75, 3.05) is 6.61 Å². The van der Waals surface area contributed by atoms with Crippen LogP contribution in [-0.4, -0.2) is 34.4 Å². The topological polar surface area (TPSA) is 79.3 Å². The minimum absolute atomic E-state index is 0.107. The lowest BCUT2D eigenvalue weighted by molar-refractivity contribution is -0.121. The first kappa shape index (κ1) is 13.3. The zero-order valence-electron chi connectivity index (χ0n) is 9.72. The Morgan fingerprint density at radius 2 is 2.24 bits per heavy atom. The Bertz CT molecular complexity index is 379. The fourth-order valence-corrected chi connectivity index (χ4v) is 1.29. The van der Waals surface area contributed by atoms with Crippen molar-refractivity contribution in [1.29, 1.82) is 0 Å². The molecule has 1 heterocycles. The molecule has 5 nitrogen and oxygen atoms in total. The monoisotopic (exact) mass is 236 g/mol. The smallest absolute Gasteiger partial charge is 0.220 e. The summed E-state index contributed by atoms with van der Waals surface area (Å²) in [6, 6.07) is 3.07. The highest BCUT2D eigenvalue weighted by Crippen LogP contribution is 2.03. The van der Waals surface area contributed by atoms with E-state index in [1.54, 1.807) is 25.3 Å². The SMILES string of the molecule is CC(CO)NC(=O)CCC(=O)c1cccnc1. The van der Waals surface area contributed by atoms with Crippen LogP contribution in [0.15, 0.2) is 24.5 Å². The van der Waals surface area contributed by atoms with E-state index in [9.17, 15) is 9.59 Å². The van der Waals surface area contributed by atoms with Gasteiger partial charge in [0.1, 0.15) is 0 Å². The van der Waals surface area contributed by atoms with E-state index >= 15 is 0 Å². The summed E-state index contributed by atoms with van der Waals surface area (Å²) >= 11 is 0. The van der Waals surface area contributed by atoms with Gasteiger partial charge in [-0.05, 0) is 19.1 Å². The summed E-state index contributed by atoms with van der Waals surface area (Å²) in [6.45, 7) is 1.59. The van der Waals surface area contributed by atoms with E-state index < -0.39 is 0 Å². The second-order valence-corrected chi connectivity index (χ2v) is 3.82. The molecule has 2 N–H and O–H groups in total. The molecule has 1 aromatic rings. The predicted molar refractivity (Wildman–Crippen MR) is 62.5 cm³/mol. The maximum absolute atomic E-state index is 11.6. The van der Waals surface area contributed by atoms with E-state index in [-0.39, 0.29) is 37.2 Å². The molecule has 1 rings (SSSR count). The highest BCUT2D eigenvalue weighted by molar-refractivity contribution is 5.97. The standard InChI is InChI=1S/C12H16N2O3/c1-9(8-15)14-12(17)5-4-11(16)10-3-2-6-13-7-10/h2-3,6-7,9,15H,4-5,8H2,1H3,(H,14,17). The van der Waals surface area contributed by atoms with Gasteiger partial charge in [0.15, 0.2) is 5.78 Å². The van der Waals surface area contributed by atoms with Crippen molar-refractivity contribution < 1.29 is 14.7 Å². The van der Waals surface area contributed by atoms with Gasteiger partial charge in [-0.1, -0.05) is 0 Å². The van der Waals surface area contributed by atoms with Crippen molar-refractivity contribution in [1.82, 2.24) is 10.3 Å². The Morgan fingerprint density at radius 3 is 2.82 bits per heavy atom. The number of rotatable bonds is 6. The first-order valence-corrected chi connectivity index (χ1v) is 5.47. The number of hydrogen-bond acceptors (Lipinski definition) is 4. The second-order valence-electron chi connectivity index (χ2n) is 3.82. The number of Topliss-reactive ketones (excluding diaryl/α,β-unsaturated/α-hetero) is 1. The molecule has 92 valence electrons. The van der Waals surface area contributed by atoms with Gasteiger partial charge in [0.25, 0.3) is 0 Å². The van der Waals surface area contributed by atoms with Crippen LogP contribution in [0.1, 0.15) is 30.1 Å². The Kier molecular flexibility index (Phi) is 5.29. The number of nitrogens with zero attached hydrogens (tertiary/aromatic N) is 1. The van der Waals surface area contributed by atoms with Gasteiger partial charge in [-0.2, -0.15) is 0 Å². The summed E-state index contributed by atoms with van der Waals surface area (Å²) < 4.78 is 0. The van der Waals surface area contributed by atoms with Crippen molar-refractivity contribution in [3.8, 4) is 0 Å². The third-order valence-corrected chi connectivity index (χ3v) is 2.24. The van der Waals surface area contributed by atoms with Crippen molar-refractivity contribution in [3.63, 3.8) is 0 Å². The quantitative estimate of drug-likeness (QED) is 0.707. The fourth-order valence-electron chi connectivity index (χ4n) is 1.29. The third-order valence-electron chi connectivity index (χ3n) is 2.24. The molecule has 5 heteroatoms. The van der Waals surface area contributed by atoms with Crippen molar-refractivity contribution >= 4 is 11.7 Å². The fraction of sp³-hybridized carbons (Fsp3) is 0.417. The first-order valence-electron chi connectivity index (χ1n) is 5.47. The predicted octanol–water partition coefficient (Wildman–Crippen LogP) is 0.541. The number of carbonyl (C=O) groups excluding carboxylic acids is 2. The van der Waals surface area contributed by atoms with Gasteiger partial charge in [0, 0.05) is 36.8 Å². The van der Waals surface area contributed by atoms with Crippen molar-refractivity contribution in [3.05, 3.63) is 30.1 Å². The van der Waals surface area contributed by atoms with Crippen LogP contribution in [0, 0.1) is 0 Å². The lowest BCUT2D eigenvalue weighted by atomic mass is 10.1. The number of aliphatic hydroxyl groups excluding tert-OH is 1. The molecule has 0 radical (unpaired) electrons. The summed E-state index contributed by atoms with van der Waals surface area (Å²) in [5.74, 6) is -0.339. The molecule has 1 aromatic heterocycles. The molecule has 17 heavy (non-hydrogen) atoms.